The van der Waals surface area contributed by atoms with Gasteiger partial charge in [-0.15, -0.1) is 0 Å². The van der Waals surface area contributed by atoms with Crippen LogP contribution in [0.1, 0.15) is 16.8 Å². The van der Waals surface area contributed by atoms with Crippen LogP contribution in [0.3, 0.4) is 0 Å². The van der Waals surface area contributed by atoms with E-state index in [4.69, 9.17) is 4.74 Å². The monoisotopic (exact) mass is 435 g/mol. The summed E-state index contributed by atoms with van der Waals surface area (Å²) in [7, 11) is 0. The molecule has 1 saturated heterocycles. The van der Waals surface area contributed by atoms with Crippen LogP contribution in [0.2, 0.25) is 0 Å². The van der Waals surface area contributed by atoms with Crippen molar-refractivity contribution in [1.82, 2.24) is 10.2 Å². The Labute approximate surface area is 188 Å². The maximum atomic E-state index is 12.8. The molecule has 3 atom stereocenters. The van der Waals surface area contributed by atoms with E-state index in [1.165, 1.54) is 5.69 Å². The Morgan fingerprint density at radius 2 is 1.59 bits per heavy atom. The Morgan fingerprint density at radius 3 is 2.25 bits per heavy atom. The van der Waals surface area contributed by atoms with Gasteiger partial charge in [0.05, 0.1) is 25.2 Å². The van der Waals surface area contributed by atoms with Gasteiger partial charge >= 0.3 is 0 Å². The van der Waals surface area contributed by atoms with Crippen molar-refractivity contribution in [3.05, 3.63) is 78.4 Å². The van der Waals surface area contributed by atoms with Gasteiger partial charge < -0.3 is 25.0 Å². The number of hydrogen-bond donors (Lipinski definition) is 2. The third-order valence-electron chi connectivity index (χ3n) is 5.93. The Balaban J connectivity index is 1.29. The fraction of sp³-hybridized carbons (Fsp3) is 0.360. The molecule has 2 aliphatic heterocycles. The van der Waals surface area contributed by atoms with Crippen molar-refractivity contribution in [1.29, 1.82) is 0 Å². The number of ether oxygens (including phenoxy) is 1. The predicted molar refractivity (Wildman–Crippen MR) is 122 cm³/mol. The van der Waals surface area contributed by atoms with Gasteiger partial charge in [0.25, 0.3) is 5.91 Å². The maximum absolute atomic E-state index is 12.8. The smallest absolute Gasteiger partial charge is 0.251 e. The molecule has 7 heteroatoms. The second kappa shape index (κ2) is 10.4. The molecule has 2 heterocycles. The molecule has 4 rings (SSSR count). The van der Waals surface area contributed by atoms with E-state index in [1.54, 1.807) is 30.3 Å². The third-order valence-corrected chi connectivity index (χ3v) is 5.93. The van der Waals surface area contributed by atoms with Gasteiger partial charge in [0.2, 0.25) is 5.91 Å². The number of aliphatic hydroxyl groups is 1. The number of benzene rings is 2. The fourth-order valence-electron chi connectivity index (χ4n) is 4.11. The van der Waals surface area contributed by atoms with Crippen LogP contribution in [0.4, 0.5) is 5.69 Å². The quantitative estimate of drug-likeness (QED) is 0.677. The number of carbonyl (C=O) groups excluding carboxylic acids is 2. The predicted octanol–water partition coefficient (Wildman–Crippen LogP) is 1.84. The van der Waals surface area contributed by atoms with Crippen molar-refractivity contribution < 1.29 is 19.4 Å². The summed E-state index contributed by atoms with van der Waals surface area (Å²) in [5.74, 6) is -0.191. The van der Waals surface area contributed by atoms with Crippen LogP contribution >= 0.6 is 0 Å². The van der Waals surface area contributed by atoms with Gasteiger partial charge in [-0.3, -0.25) is 9.59 Å². The summed E-state index contributed by atoms with van der Waals surface area (Å²) >= 11 is 0. The van der Waals surface area contributed by atoms with E-state index in [-0.39, 0.29) is 24.8 Å². The minimum absolute atomic E-state index is 0.0378. The van der Waals surface area contributed by atoms with Crippen LogP contribution < -0.4 is 10.2 Å². The average molecular weight is 436 g/mol. The first-order valence-corrected chi connectivity index (χ1v) is 11.0. The molecule has 0 saturated carbocycles. The summed E-state index contributed by atoms with van der Waals surface area (Å²) in [6.07, 6.45) is 2.83. The molecule has 7 nitrogen and oxygen atoms in total. The van der Waals surface area contributed by atoms with Crippen LogP contribution in [0.15, 0.2) is 72.8 Å². The second-order valence-electron chi connectivity index (χ2n) is 8.05. The molecule has 2 amide bonds. The number of para-hydroxylation sites is 1. The first-order chi connectivity index (χ1) is 15.6. The molecule has 2 aromatic carbocycles. The molecule has 168 valence electrons. The summed E-state index contributed by atoms with van der Waals surface area (Å²) < 4.78 is 5.93. The number of rotatable bonds is 6. The lowest BCUT2D eigenvalue weighted by molar-refractivity contribution is -0.135. The summed E-state index contributed by atoms with van der Waals surface area (Å²) in [5, 5.41) is 12.7. The Hall–Kier alpha value is -3.16. The Morgan fingerprint density at radius 1 is 0.938 bits per heavy atom. The van der Waals surface area contributed by atoms with Crippen molar-refractivity contribution in [3.8, 4) is 0 Å². The molecule has 0 radical (unpaired) electrons. The topological polar surface area (TPSA) is 82.1 Å². The number of nitrogens with one attached hydrogen (secondary N) is 1. The Bertz CT molecular complexity index is 927. The van der Waals surface area contributed by atoms with Gasteiger partial charge in [-0.05, 0) is 24.3 Å². The minimum Gasteiger partial charge on any atom is -0.394 e. The first kappa shape index (κ1) is 22.0. The standard InChI is InChI=1S/C25H29N3O4/c29-18-23-22(26-25(31)19-7-3-1-4-8-19)12-11-21(32-23)17-24(30)28-15-13-27(14-16-28)20-9-5-2-6-10-20/h1-12,21-23,29H,13-18H2,(H,26,31)/t21-,22+,23-/m0/s1. The number of carbonyl (C=O) groups is 2. The number of anilines is 1. The van der Waals surface area contributed by atoms with E-state index in [1.807, 2.05) is 35.2 Å². The number of piperazine rings is 1. The molecule has 2 N–H and O–H groups in total. The van der Waals surface area contributed by atoms with E-state index in [2.05, 4.69) is 22.3 Å². The molecule has 0 bridgehead atoms. The number of hydrogen-bond acceptors (Lipinski definition) is 5. The summed E-state index contributed by atoms with van der Waals surface area (Å²) in [5.41, 5.74) is 1.72. The molecule has 0 unspecified atom stereocenters. The van der Waals surface area contributed by atoms with E-state index >= 15 is 0 Å². The molecular formula is C25H29N3O4. The molecule has 2 aliphatic rings. The molecule has 0 aliphatic carbocycles. The van der Waals surface area contributed by atoms with Gasteiger partial charge in [-0.2, -0.15) is 0 Å². The third kappa shape index (κ3) is 5.36. The van der Waals surface area contributed by atoms with Crippen LogP contribution in [0.25, 0.3) is 0 Å². The lowest BCUT2D eigenvalue weighted by Crippen LogP contribution is -2.51. The normalized spacial score (nSPS) is 23.1. The van der Waals surface area contributed by atoms with Crippen molar-refractivity contribution in [2.24, 2.45) is 0 Å². The van der Waals surface area contributed by atoms with Gasteiger partial charge in [-0.25, -0.2) is 0 Å². The first-order valence-electron chi connectivity index (χ1n) is 11.0. The highest BCUT2D eigenvalue weighted by atomic mass is 16.5. The van der Waals surface area contributed by atoms with E-state index in [0.29, 0.717) is 18.7 Å². The minimum atomic E-state index is -0.597. The molecule has 1 fully saturated rings. The number of aliphatic hydroxyl groups excluding tert-OH is 1. The zero-order chi connectivity index (χ0) is 22.3. The number of nitrogens with zero attached hydrogens (tertiary/aromatic N) is 2. The van der Waals surface area contributed by atoms with Crippen molar-refractivity contribution in [3.63, 3.8) is 0 Å². The Kier molecular flexibility index (Phi) is 7.19. The van der Waals surface area contributed by atoms with Crippen LogP contribution in [-0.4, -0.2) is 72.9 Å². The molecule has 0 aromatic heterocycles. The highest BCUT2D eigenvalue weighted by Gasteiger charge is 2.31. The summed E-state index contributed by atoms with van der Waals surface area (Å²) in [4.78, 5) is 29.4. The number of amides is 2. The van der Waals surface area contributed by atoms with E-state index < -0.39 is 18.2 Å². The van der Waals surface area contributed by atoms with Crippen LogP contribution in [0, 0.1) is 0 Å². The second-order valence-corrected chi connectivity index (χ2v) is 8.05. The molecular weight excluding hydrogens is 406 g/mol. The average Bonchev–Trinajstić information content (AvgIpc) is 2.86. The van der Waals surface area contributed by atoms with Gasteiger partial charge in [0, 0.05) is 37.4 Å². The maximum Gasteiger partial charge on any atom is 0.251 e. The summed E-state index contributed by atoms with van der Waals surface area (Å²) in [6.45, 7) is 2.69. The zero-order valence-electron chi connectivity index (χ0n) is 18.0. The SMILES string of the molecule is O=C(N[C@@H]1C=C[C@@H](CC(=O)N2CCN(c3ccccc3)CC2)O[C@H]1CO)c1ccccc1. The largest absolute Gasteiger partial charge is 0.394 e. The fourth-order valence-corrected chi connectivity index (χ4v) is 4.11. The lowest BCUT2D eigenvalue weighted by Gasteiger charge is -2.37. The van der Waals surface area contributed by atoms with E-state index in [0.717, 1.165) is 13.1 Å². The molecule has 0 spiro atoms. The van der Waals surface area contributed by atoms with Crippen molar-refractivity contribution >= 4 is 17.5 Å². The van der Waals surface area contributed by atoms with Crippen LogP contribution in [-0.2, 0) is 9.53 Å². The lowest BCUT2D eigenvalue weighted by atomic mass is 10.0. The zero-order valence-corrected chi connectivity index (χ0v) is 18.0. The van der Waals surface area contributed by atoms with Crippen molar-refractivity contribution in [2.45, 2.75) is 24.7 Å². The van der Waals surface area contributed by atoms with Gasteiger partial charge in [-0.1, -0.05) is 48.6 Å². The molecule has 32 heavy (non-hydrogen) atoms. The van der Waals surface area contributed by atoms with Gasteiger partial charge in [0.15, 0.2) is 0 Å². The highest BCUT2D eigenvalue weighted by Crippen LogP contribution is 2.19. The highest BCUT2D eigenvalue weighted by molar-refractivity contribution is 5.94. The van der Waals surface area contributed by atoms with Crippen LogP contribution in [0.5, 0.6) is 0 Å². The molecule has 2 aromatic rings. The van der Waals surface area contributed by atoms with Crippen molar-refractivity contribution in [2.75, 3.05) is 37.7 Å². The van der Waals surface area contributed by atoms with Gasteiger partial charge in [0.1, 0.15) is 6.10 Å². The van der Waals surface area contributed by atoms with E-state index in [9.17, 15) is 14.7 Å². The summed E-state index contributed by atoms with van der Waals surface area (Å²) in [6, 6.07) is 18.7.